The van der Waals surface area contributed by atoms with Gasteiger partial charge in [-0.1, -0.05) is 0 Å². The molecule has 2 rings (SSSR count). The van der Waals surface area contributed by atoms with E-state index < -0.39 is 9.84 Å². The highest BCUT2D eigenvalue weighted by Crippen LogP contribution is 2.23. The van der Waals surface area contributed by atoms with Crippen LogP contribution in [0.1, 0.15) is 18.2 Å². The Hall–Kier alpha value is -1.32. The van der Waals surface area contributed by atoms with Gasteiger partial charge in [0.2, 0.25) is 0 Å². The lowest BCUT2D eigenvalue weighted by atomic mass is 10.2. The highest BCUT2D eigenvalue weighted by molar-refractivity contribution is 7.90. The van der Waals surface area contributed by atoms with Gasteiger partial charge in [0.15, 0.2) is 10.8 Å². The van der Waals surface area contributed by atoms with Crippen molar-refractivity contribution in [2.24, 2.45) is 5.73 Å². The third-order valence-corrected chi connectivity index (χ3v) is 4.16. The van der Waals surface area contributed by atoms with Crippen molar-refractivity contribution >= 4 is 21.2 Å². The van der Waals surface area contributed by atoms with Crippen molar-refractivity contribution in [2.45, 2.75) is 12.5 Å². The maximum atomic E-state index is 11.1. The van der Waals surface area contributed by atoms with Crippen molar-refractivity contribution in [1.82, 2.24) is 20.2 Å². The molecule has 1 atom stereocenters. The quantitative estimate of drug-likeness (QED) is 0.820. The number of nitrogens with two attached hydrogens (primary N) is 1. The molecular weight excluding hydrogens is 274 g/mol. The van der Waals surface area contributed by atoms with Crippen LogP contribution in [0.5, 0.6) is 0 Å². The van der Waals surface area contributed by atoms with Crippen LogP contribution in [0.25, 0.3) is 10.8 Å². The Morgan fingerprint density at radius 3 is 2.94 bits per heavy atom. The van der Waals surface area contributed by atoms with Crippen LogP contribution >= 0.6 is 11.3 Å². The van der Waals surface area contributed by atoms with Crippen LogP contribution in [-0.2, 0) is 9.84 Å². The van der Waals surface area contributed by atoms with E-state index in [0.29, 0.717) is 22.9 Å². The zero-order valence-electron chi connectivity index (χ0n) is 9.70. The number of sulfone groups is 1. The Labute approximate surface area is 108 Å². The number of nitrogens with one attached hydrogen (secondary N) is 1. The lowest BCUT2D eigenvalue weighted by Crippen LogP contribution is -2.15. The lowest BCUT2D eigenvalue weighted by Gasteiger charge is -2.06. The van der Waals surface area contributed by atoms with Crippen LogP contribution in [-0.4, -0.2) is 40.6 Å². The Kier molecular flexibility index (Phi) is 3.73. The summed E-state index contributed by atoms with van der Waals surface area (Å²) in [6.45, 7) is 0. The Morgan fingerprint density at radius 2 is 2.33 bits per heavy atom. The molecule has 0 spiro atoms. The molecule has 2 aromatic heterocycles. The van der Waals surface area contributed by atoms with Gasteiger partial charge in [-0.25, -0.2) is 18.4 Å². The monoisotopic (exact) mass is 287 g/mol. The van der Waals surface area contributed by atoms with Crippen molar-refractivity contribution in [2.75, 3.05) is 12.0 Å². The third kappa shape index (κ3) is 3.34. The van der Waals surface area contributed by atoms with Crippen molar-refractivity contribution in [1.29, 1.82) is 0 Å². The zero-order chi connectivity index (χ0) is 13.2. The van der Waals surface area contributed by atoms with Crippen molar-refractivity contribution in [3.05, 3.63) is 17.4 Å². The zero-order valence-corrected chi connectivity index (χ0v) is 11.3. The number of aromatic nitrogens is 4. The van der Waals surface area contributed by atoms with Gasteiger partial charge < -0.3 is 5.73 Å². The topological polar surface area (TPSA) is 115 Å². The van der Waals surface area contributed by atoms with Gasteiger partial charge >= 0.3 is 0 Å². The van der Waals surface area contributed by atoms with Gasteiger partial charge in [-0.15, -0.1) is 11.3 Å². The van der Waals surface area contributed by atoms with E-state index in [4.69, 9.17) is 5.73 Å². The van der Waals surface area contributed by atoms with Crippen molar-refractivity contribution in [3.8, 4) is 10.8 Å². The van der Waals surface area contributed by atoms with Gasteiger partial charge in [0.25, 0.3) is 0 Å². The van der Waals surface area contributed by atoms with Crippen LogP contribution < -0.4 is 5.73 Å². The van der Waals surface area contributed by atoms with E-state index in [1.165, 1.54) is 23.9 Å². The van der Waals surface area contributed by atoms with E-state index in [1.54, 1.807) is 0 Å². The molecule has 0 radical (unpaired) electrons. The first-order chi connectivity index (χ1) is 8.46. The first kappa shape index (κ1) is 13.1. The molecule has 18 heavy (non-hydrogen) atoms. The van der Waals surface area contributed by atoms with Gasteiger partial charge in [0, 0.05) is 17.7 Å². The van der Waals surface area contributed by atoms with Crippen LogP contribution in [0.3, 0.4) is 0 Å². The van der Waals surface area contributed by atoms with Gasteiger partial charge in [-0.05, 0) is 6.42 Å². The number of H-pyrrole nitrogens is 1. The Bertz CT molecular complexity index is 605. The fraction of sp³-hybridized carbons (Fsp3) is 0.444. The normalized spacial score (nSPS) is 13.7. The molecule has 7 nitrogen and oxygen atoms in total. The SMILES string of the molecule is CS(=O)(=O)CCC(N)c1csc(-c2ncn[nH]2)n1. The summed E-state index contributed by atoms with van der Waals surface area (Å²) in [5.41, 5.74) is 6.58. The molecule has 0 aromatic carbocycles. The highest BCUT2D eigenvalue weighted by Gasteiger charge is 2.15. The number of thiazole rings is 1. The van der Waals surface area contributed by atoms with E-state index in [9.17, 15) is 8.42 Å². The molecule has 3 N–H and O–H groups in total. The lowest BCUT2D eigenvalue weighted by molar-refractivity contribution is 0.590. The highest BCUT2D eigenvalue weighted by atomic mass is 32.2. The molecule has 2 aromatic rings. The summed E-state index contributed by atoms with van der Waals surface area (Å²) in [6.07, 6.45) is 2.96. The minimum atomic E-state index is -3.00. The summed E-state index contributed by atoms with van der Waals surface area (Å²) in [7, 11) is -3.00. The second kappa shape index (κ2) is 5.12. The van der Waals surface area contributed by atoms with Gasteiger partial charge in [0.05, 0.1) is 11.4 Å². The van der Waals surface area contributed by atoms with Gasteiger partial charge in [0.1, 0.15) is 16.2 Å². The summed E-state index contributed by atoms with van der Waals surface area (Å²) in [5, 5.41) is 8.96. The molecule has 0 aliphatic rings. The second-order valence-corrected chi connectivity index (χ2v) is 7.05. The first-order valence-corrected chi connectivity index (χ1v) is 8.14. The summed E-state index contributed by atoms with van der Waals surface area (Å²) in [6, 6.07) is -0.382. The summed E-state index contributed by atoms with van der Waals surface area (Å²) in [4.78, 5) is 8.31. The minimum Gasteiger partial charge on any atom is -0.323 e. The maximum absolute atomic E-state index is 11.1. The average molecular weight is 287 g/mol. The first-order valence-electron chi connectivity index (χ1n) is 5.20. The minimum absolute atomic E-state index is 0.0589. The van der Waals surface area contributed by atoms with Gasteiger partial charge in [-0.2, -0.15) is 5.10 Å². The number of hydrogen-bond donors (Lipinski definition) is 2. The summed E-state index contributed by atoms with van der Waals surface area (Å²) >= 11 is 1.39. The fourth-order valence-corrected chi connectivity index (χ4v) is 2.87. The van der Waals surface area contributed by atoms with E-state index in [0.717, 1.165) is 0 Å². The molecule has 0 bridgehead atoms. The molecule has 0 aliphatic carbocycles. The van der Waals surface area contributed by atoms with E-state index in [1.807, 2.05) is 5.38 Å². The number of nitrogens with zero attached hydrogens (tertiary/aromatic N) is 3. The summed E-state index contributed by atoms with van der Waals surface area (Å²) < 4.78 is 22.1. The molecule has 98 valence electrons. The Balaban J connectivity index is 2.06. The maximum Gasteiger partial charge on any atom is 0.184 e. The summed E-state index contributed by atoms with van der Waals surface area (Å²) in [5.74, 6) is 0.644. The standard InChI is InChI=1S/C9H13N5O2S2/c1-18(15,16)3-2-6(10)7-4-17-9(13-7)8-11-5-12-14-8/h4-6H,2-3,10H2,1H3,(H,11,12,14). The second-order valence-electron chi connectivity index (χ2n) is 3.94. The molecular formula is C9H13N5O2S2. The Morgan fingerprint density at radius 1 is 1.56 bits per heavy atom. The average Bonchev–Trinajstić information content (AvgIpc) is 2.94. The molecule has 9 heteroatoms. The molecule has 0 saturated carbocycles. The van der Waals surface area contributed by atoms with E-state index in [2.05, 4.69) is 20.2 Å². The third-order valence-electron chi connectivity index (χ3n) is 2.32. The molecule has 2 heterocycles. The largest absolute Gasteiger partial charge is 0.323 e. The molecule has 0 amide bonds. The van der Waals surface area contributed by atoms with E-state index in [-0.39, 0.29) is 11.8 Å². The van der Waals surface area contributed by atoms with Crippen molar-refractivity contribution < 1.29 is 8.42 Å². The van der Waals surface area contributed by atoms with Crippen molar-refractivity contribution in [3.63, 3.8) is 0 Å². The van der Waals surface area contributed by atoms with Gasteiger partial charge in [-0.3, -0.25) is 5.10 Å². The van der Waals surface area contributed by atoms with Crippen LogP contribution in [0, 0.1) is 0 Å². The van der Waals surface area contributed by atoms with E-state index >= 15 is 0 Å². The van der Waals surface area contributed by atoms with Crippen LogP contribution in [0.2, 0.25) is 0 Å². The predicted octanol–water partition coefficient (Wildman–Crippen LogP) is 0.363. The molecule has 0 fully saturated rings. The smallest absolute Gasteiger partial charge is 0.184 e. The molecule has 0 saturated heterocycles. The molecule has 0 aliphatic heterocycles. The number of aromatic amines is 1. The predicted molar refractivity (Wildman–Crippen MR) is 68.7 cm³/mol. The van der Waals surface area contributed by atoms with Crippen LogP contribution in [0.15, 0.2) is 11.7 Å². The number of hydrogen-bond acceptors (Lipinski definition) is 7. The number of rotatable bonds is 5. The molecule has 1 unspecified atom stereocenters. The van der Waals surface area contributed by atoms with Crippen LogP contribution in [0.4, 0.5) is 0 Å². The fourth-order valence-electron chi connectivity index (χ4n) is 1.36.